The Morgan fingerprint density at radius 1 is 1.38 bits per heavy atom. The number of carbonyl (C=O) groups is 1. The van der Waals surface area contributed by atoms with Crippen LogP contribution in [-0.4, -0.2) is 27.6 Å². The Balaban J connectivity index is 1.89. The van der Waals surface area contributed by atoms with Crippen LogP contribution in [0.3, 0.4) is 0 Å². The molecule has 0 spiro atoms. The van der Waals surface area contributed by atoms with Crippen LogP contribution >= 0.6 is 0 Å². The van der Waals surface area contributed by atoms with Crippen molar-refractivity contribution >= 4 is 5.91 Å². The van der Waals surface area contributed by atoms with E-state index in [1.807, 2.05) is 26.8 Å². The highest BCUT2D eigenvalue weighted by atomic mass is 19.1. The summed E-state index contributed by atoms with van der Waals surface area (Å²) < 4.78 is 13.0. The molecule has 21 heavy (non-hydrogen) atoms. The minimum Gasteiger partial charge on any atom is -0.349 e. The van der Waals surface area contributed by atoms with Gasteiger partial charge >= 0.3 is 0 Å². The third-order valence-corrected chi connectivity index (χ3v) is 2.99. The molecule has 2 N–H and O–H groups in total. The maximum Gasteiger partial charge on any atom is 0.290 e. The van der Waals surface area contributed by atoms with Crippen LogP contribution in [0.2, 0.25) is 0 Å². The summed E-state index contributed by atoms with van der Waals surface area (Å²) in [6.07, 6.45) is 0.556. The number of rotatable bonds is 4. The van der Waals surface area contributed by atoms with Crippen molar-refractivity contribution in [2.45, 2.75) is 32.6 Å². The summed E-state index contributed by atoms with van der Waals surface area (Å²) in [7, 11) is 0. The zero-order valence-corrected chi connectivity index (χ0v) is 12.4. The van der Waals surface area contributed by atoms with Gasteiger partial charge in [0.05, 0.1) is 0 Å². The maximum absolute atomic E-state index is 13.0. The number of nitrogens with zero attached hydrogens (tertiary/aromatic N) is 2. The molecule has 0 atom stereocenters. The van der Waals surface area contributed by atoms with Gasteiger partial charge in [-0.05, 0) is 24.1 Å². The summed E-state index contributed by atoms with van der Waals surface area (Å²) in [4.78, 5) is 16.1. The number of halogens is 1. The minimum atomic E-state index is -0.335. The first-order valence-electron chi connectivity index (χ1n) is 6.82. The standard InChI is InChI=1S/C15H19FN4O/c1-15(2,3)14-18-12(19-20-14)13(21)17-8-7-10-5-4-6-11(16)9-10/h4-6,9H,7-8H2,1-3H3,(H,17,21)(H,18,19,20). The normalized spacial score (nSPS) is 11.4. The van der Waals surface area contributed by atoms with Crippen LogP contribution in [0.25, 0.3) is 0 Å². The number of aromatic amines is 1. The number of H-pyrrole nitrogens is 1. The fourth-order valence-corrected chi connectivity index (χ4v) is 1.79. The van der Waals surface area contributed by atoms with Crippen LogP contribution in [0.5, 0.6) is 0 Å². The molecular formula is C15H19FN4O. The Kier molecular flexibility index (Phi) is 4.35. The average molecular weight is 290 g/mol. The quantitative estimate of drug-likeness (QED) is 0.907. The average Bonchev–Trinajstić information content (AvgIpc) is 2.88. The highest BCUT2D eigenvalue weighted by Gasteiger charge is 2.20. The zero-order chi connectivity index (χ0) is 15.5. The molecule has 0 fully saturated rings. The van der Waals surface area contributed by atoms with Crippen molar-refractivity contribution in [3.8, 4) is 0 Å². The summed E-state index contributed by atoms with van der Waals surface area (Å²) >= 11 is 0. The van der Waals surface area contributed by atoms with Crippen molar-refractivity contribution in [2.24, 2.45) is 0 Å². The van der Waals surface area contributed by atoms with Gasteiger partial charge < -0.3 is 5.32 Å². The molecule has 0 saturated heterocycles. The number of nitrogens with one attached hydrogen (secondary N) is 2. The van der Waals surface area contributed by atoms with Crippen molar-refractivity contribution in [3.63, 3.8) is 0 Å². The van der Waals surface area contributed by atoms with E-state index >= 15 is 0 Å². The van der Waals surface area contributed by atoms with Crippen LogP contribution in [0.1, 0.15) is 42.8 Å². The second kappa shape index (κ2) is 6.03. The van der Waals surface area contributed by atoms with E-state index in [4.69, 9.17) is 0 Å². The number of carbonyl (C=O) groups excluding carboxylic acids is 1. The highest BCUT2D eigenvalue weighted by Crippen LogP contribution is 2.17. The van der Waals surface area contributed by atoms with E-state index in [9.17, 15) is 9.18 Å². The van der Waals surface area contributed by atoms with Crippen LogP contribution in [0.4, 0.5) is 4.39 Å². The van der Waals surface area contributed by atoms with Gasteiger partial charge in [0.1, 0.15) is 11.6 Å². The van der Waals surface area contributed by atoms with Gasteiger partial charge in [0.25, 0.3) is 5.91 Å². The molecule has 2 aromatic rings. The molecule has 6 heteroatoms. The Morgan fingerprint density at radius 3 is 2.76 bits per heavy atom. The molecular weight excluding hydrogens is 271 g/mol. The fraction of sp³-hybridized carbons (Fsp3) is 0.400. The predicted octanol–water partition coefficient (Wildman–Crippen LogP) is 2.21. The number of benzene rings is 1. The molecule has 0 unspecified atom stereocenters. The molecule has 1 aromatic carbocycles. The predicted molar refractivity (Wildman–Crippen MR) is 77.5 cm³/mol. The number of aromatic nitrogens is 3. The van der Waals surface area contributed by atoms with Gasteiger partial charge in [0.2, 0.25) is 5.82 Å². The molecule has 0 aliphatic carbocycles. The molecule has 0 aliphatic rings. The Hall–Kier alpha value is -2.24. The third kappa shape index (κ3) is 4.11. The van der Waals surface area contributed by atoms with Crippen LogP contribution in [0, 0.1) is 5.82 Å². The molecule has 112 valence electrons. The molecule has 0 saturated carbocycles. The fourth-order valence-electron chi connectivity index (χ4n) is 1.79. The van der Waals surface area contributed by atoms with Gasteiger partial charge in [-0.1, -0.05) is 32.9 Å². The smallest absolute Gasteiger partial charge is 0.290 e. The van der Waals surface area contributed by atoms with Crippen molar-refractivity contribution in [1.82, 2.24) is 20.5 Å². The van der Waals surface area contributed by atoms with E-state index in [0.717, 1.165) is 5.56 Å². The number of hydrogen-bond acceptors (Lipinski definition) is 3. The van der Waals surface area contributed by atoms with Crippen molar-refractivity contribution in [3.05, 3.63) is 47.3 Å². The molecule has 1 amide bonds. The van der Waals surface area contributed by atoms with E-state index in [2.05, 4.69) is 20.5 Å². The summed E-state index contributed by atoms with van der Waals surface area (Å²) in [5.41, 5.74) is 0.647. The topological polar surface area (TPSA) is 70.7 Å². The summed E-state index contributed by atoms with van der Waals surface area (Å²) in [5, 5.41) is 9.41. The summed E-state index contributed by atoms with van der Waals surface area (Å²) in [5.74, 6) is 0.178. The largest absolute Gasteiger partial charge is 0.349 e. The monoisotopic (exact) mass is 290 g/mol. The lowest BCUT2D eigenvalue weighted by Gasteiger charge is -2.12. The first-order valence-corrected chi connectivity index (χ1v) is 6.82. The number of amides is 1. The summed E-state index contributed by atoms with van der Waals surface area (Å²) in [6, 6.07) is 6.32. The first kappa shape index (κ1) is 15.2. The lowest BCUT2D eigenvalue weighted by atomic mass is 9.96. The van der Waals surface area contributed by atoms with Crippen LogP contribution in [0.15, 0.2) is 24.3 Å². The van der Waals surface area contributed by atoms with Gasteiger partial charge in [-0.15, -0.1) is 5.10 Å². The van der Waals surface area contributed by atoms with Gasteiger partial charge in [-0.3, -0.25) is 9.89 Å². The summed E-state index contributed by atoms with van der Waals surface area (Å²) in [6.45, 7) is 6.36. The highest BCUT2D eigenvalue weighted by molar-refractivity contribution is 5.90. The SMILES string of the molecule is CC(C)(C)c1nc(C(=O)NCCc2cccc(F)c2)n[nH]1. The van der Waals surface area contributed by atoms with E-state index in [-0.39, 0.29) is 23.0 Å². The minimum absolute atomic E-state index is 0.124. The Labute approximate surface area is 123 Å². The number of hydrogen-bond donors (Lipinski definition) is 2. The zero-order valence-electron chi connectivity index (χ0n) is 12.4. The van der Waals surface area contributed by atoms with Crippen LogP contribution in [-0.2, 0) is 11.8 Å². The second-order valence-electron chi connectivity index (χ2n) is 5.89. The van der Waals surface area contributed by atoms with Gasteiger partial charge in [0.15, 0.2) is 0 Å². The molecule has 0 bridgehead atoms. The first-order chi connectivity index (χ1) is 9.86. The van der Waals surface area contributed by atoms with E-state index < -0.39 is 0 Å². The van der Waals surface area contributed by atoms with Crippen molar-refractivity contribution in [2.75, 3.05) is 6.54 Å². The molecule has 2 rings (SSSR count). The van der Waals surface area contributed by atoms with Gasteiger partial charge in [-0.25, -0.2) is 9.37 Å². The van der Waals surface area contributed by atoms with E-state index in [1.54, 1.807) is 6.07 Å². The van der Waals surface area contributed by atoms with Crippen molar-refractivity contribution < 1.29 is 9.18 Å². The Morgan fingerprint density at radius 2 is 2.14 bits per heavy atom. The lowest BCUT2D eigenvalue weighted by Crippen LogP contribution is -2.27. The second-order valence-corrected chi connectivity index (χ2v) is 5.89. The lowest BCUT2D eigenvalue weighted by molar-refractivity contribution is 0.0944. The molecule has 1 aromatic heterocycles. The van der Waals surface area contributed by atoms with Gasteiger partial charge in [-0.2, -0.15) is 0 Å². The maximum atomic E-state index is 13.0. The Bertz CT molecular complexity index is 631. The van der Waals surface area contributed by atoms with Gasteiger partial charge in [0, 0.05) is 12.0 Å². The molecule has 0 radical (unpaired) electrons. The molecule has 1 heterocycles. The van der Waals surface area contributed by atoms with E-state index in [1.165, 1.54) is 12.1 Å². The molecule has 5 nitrogen and oxygen atoms in total. The molecule has 0 aliphatic heterocycles. The van der Waals surface area contributed by atoms with Crippen molar-refractivity contribution in [1.29, 1.82) is 0 Å². The third-order valence-electron chi connectivity index (χ3n) is 2.99. The van der Waals surface area contributed by atoms with E-state index in [0.29, 0.717) is 18.8 Å². The van der Waals surface area contributed by atoms with Crippen LogP contribution < -0.4 is 5.32 Å².